The van der Waals surface area contributed by atoms with Crippen LogP contribution in [0.1, 0.15) is 18.5 Å². The second kappa shape index (κ2) is 5.84. The largest absolute Gasteiger partial charge is 0.300 e. The summed E-state index contributed by atoms with van der Waals surface area (Å²) in [7, 11) is 0. The first kappa shape index (κ1) is 13.4. The van der Waals surface area contributed by atoms with Crippen LogP contribution in [0.3, 0.4) is 0 Å². The molecule has 7 nitrogen and oxygen atoms in total. The normalized spacial score (nSPS) is 18.6. The molecule has 1 aromatic carbocycles. The highest BCUT2D eigenvalue weighted by Crippen LogP contribution is 2.19. The monoisotopic (exact) mass is 285 g/mol. The van der Waals surface area contributed by atoms with E-state index >= 15 is 0 Å². The van der Waals surface area contributed by atoms with Crippen LogP contribution >= 0.6 is 0 Å². The summed E-state index contributed by atoms with van der Waals surface area (Å²) in [5.41, 5.74) is 2.47. The fraction of sp³-hybridized carbons (Fsp3) is 0.286. The van der Waals surface area contributed by atoms with Crippen LogP contribution < -0.4 is 10.6 Å². The number of nitrogens with one attached hydrogen (secondary N) is 3. The molecule has 1 unspecified atom stereocenters. The van der Waals surface area contributed by atoms with Gasteiger partial charge in [-0.15, -0.1) is 0 Å². The van der Waals surface area contributed by atoms with Crippen LogP contribution in [0.25, 0.3) is 11.3 Å². The zero-order chi connectivity index (χ0) is 14.7. The van der Waals surface area contributed by atoms with Gasteiger partial charge in [-0.1, -0.05) is 30.3 Å². The molecule has 2 amide bonds. The first-order valence-electron chi connectivity index (χ1n) is 6.76. The first-order chi connectivity index (χ1) is 10.2. The van der Waals surface area contributed by atoms with E-state index in [1.807, 2.05) is 30.3 Å². The Morgan fingerprint density at radius 2 is 2.00 bits per heavy atom. The van der Waals surface area contributed by atoms with Gasteiger partial charge < -0.3 is 0 Å². The number of hydrogen-bond donors (Lipinski definition) is 3. The van der Waals surface area contributed by atoms with E-state index in [1.54, 1.807) is 0 Å². The van der Waals surface area contributed by atoms with Crippen molar-refractivity contribution in [1.29, 1.82) is 0 Å². The molecule has 3 N–H and O–H groups in total. The van der Waals surface area contributed by atoms with Crippen molar-refractivity contribution in [3.8, 4) is 11.3 Å². The smallest absolute Gasteiger partial charge is 0.243 e. The number of imide groups is 1. The highest BCUT2D eigenvalue weighted by Gasteiger charge is 2.26. The number of carbonyl (C=O) groups is 2. The number of aromatic nitrogens is 3. The molecule has 3 rings (SSSR count). The van der Waals surface area contributed by atoms with Crippen molar-refractivity contribution in [2.45, 2.75) is 25.4 Å². The molecule has 21 heavy (non-hydrogen) atoms. The quantitative estimate of drug-likeness (QED) is 0.705. The molecule has 7 heteroatoms. The lowest BCUT2D eigenvalue weighted by Crippen LogP contribution is -2.50. The highest BCUT2D eigenvalue weighted by atomic mass is 16.2. The lowest BCUT2D eigenvalue weighted by Gasteiger charge is -2.21. The van der Waals surface area contributed by atoms with Crippen LogP contribution in [0.15, 0.2) is 30.3 Å². The number of piperidine rings is 1. The number of amides is 2. The van der Waals surface area contributed by atoms with Gasteiger partial charge in [-0.05, 0) is 6.42 Å². The standard InChI is InChI=1S/C14H15N5O2/c20-12-7-6-10(14(21)16-12)15-8-11-13(18-19-17-11)9-4-2-1-3-5-9/h1-5,10,15H,6-8H2,(H,16,20,21)(H,17,18,19). The van der Waals surface area contributed by atoms with E-state index in [9.17, 15) is 9.59 Å². The number of hydrogen-bond acceptors (Lipinski definition) is 5. The average Bonchev–Trinajstić information content (AvgIpc) is 2.96. The minimum absolute atomic E-state index is 0.218. The van der Waals surface area contributed by atoms with Crippen molar-refractivity contribution in [2.75, 3.05) is 0 Å². The molecule has 0 spiro atoms. The Balaban J connectivity index is 1.68. The maximum Gasteiger partial charge on any atom is 0.243 e. The van der Waals surface area contributed by atoms with Crippen molar-refractivity contribution in [1.82, 2.24) is 26.0 Å². The molecule has 1 aliphatic rings. The van der Waals surface area contributed by atoms with Crippen molar-refractivity contribution < 1.29 is 9.59 Å². The van der Waals surface area contributed by atoms with Gasteiger partial charge in [0.15, 0.2) is 0 Å². The van der Waals surface area contributed by atoms with Gasteiger partial charge in [0.2, 0.25) is 11.8 Å². The Kier molecular flexibility index (Phi) is 3.74. The Morgan fingerprint density at radius 1 is 1.19 bits per heavy atom. The van der Waals surface area contributed by atoms with Gasteiger partial charge in [0.05, 0.1) is 6.04 Å². The van der Waals surface area contributed by atoms with Gasteiger partial charge in [-0.25, -0.2) is 0 Å². The number of nitrogens with zero attached hydrogens (tertiary/aromatic N) is 2. The predicted molar refractivity (Wildman–Crippen MR) is 74.8 cm³/mol. The molecule has 1 saturated heterocycles. The molecule has 1 aromatic heterocycles. The van der Waals surface area contributed by atoms with E-state index in [2.05, 4.69) is 26.0 Å². The lowest BCUT2D eigenvalue weighted by atomic mass is 10.1. The fourth-order valence-corrected chi connectivity index (χ4v) is 2.31. The molecule has 1 aliphatic heterocycles. The third-order valence-electron chi connectivity index (χ3n) is 3.42. The Morgan fingerprint density at radius 3 is 2.76 bits per heavy atom. The summed E-state index contributed by atoms with van der Waals surface area (Å²) in [6.07, 6.45) is 0.858. The van der Waals surface area contributed by atoms with Crippen LogP contribution in [0.2, 0.25) is 0 Å². The fourth-order valence-electron chi connectivity index (χ4n) is 2.31. The van der Waals surface area contributed by atoms with Crippen LogP contribution in [-0.2, 0) is 16.1 Å². The number of carbonyl (C=O) groups excluding carboxylic acids is 2. The molecule has 0 aliphatic carbocycles. The number of aromatic amines is 1. The molecule has 0 bridgehead atoms. The summed E-state index contributed by atoms with van der Waals surface area (Å²) >= 11 is 0. The molecule has 108 valence electrons. The highest BCUT2D eigenvalue weighted by molar-refractivity contribution is 6.00. The minimum atomic E-state index is -0.372. The molecular weight excluding hydrogens is 270 g/mol. The van der Waals surface area contributed by atoms with E-state index in [-0.39, 0.29) is 17.9 Å². The molecule has 2 heterocycles. The summed E-state index contributed by atoms with van der Waals surface area (Å²) in [5.74, 6) is -0.500. The van der Waals surface area contributed by atoms with Crippen LogP contribution in [0, 0.1) is 0 Å². The Bertz CT molecular complexity index is 652. The second-order valence-corrected chi connectivity index (χ2v) is 4.87. The van der Waals surface area contributed by atoms with E-state index in [1.165, 1.54) is 0 Å². The van der Waals surface area contributed by atoms with Crippen molar-refractivity contribution in [3.05, 3.63) is 36.0 Å². The summed E-state index contributed by atoms with van der Waals surface area (Å²) < 4.78 is 0. The minimum Gasteiger partial charge on any atom is -0.300 e. The van der Waals surface area contributed by atoms with E-state index in [0.717, 1.165) is 17.0 Å². The SMILES string of the molecule is O=C1CCC(NCc2n[nH]nc2-c2ccccc2)C(=O)N1. The van der Waals surface area contributed by atoms with Gasteiger partial charge in [0.25, 0.3) is 0 Å². The Labute approximate surface area is 121 Å². The Hall–Kier alpha value is -2.54. The van der Waals surface area contributed by atoms with Crippen molar-refractivity contribution in [2.24, 2.45) is 0 Å². The van der Waals surface area contributed by atoms with Crippen molar-refractivity contribution in [3.63, 3.8) is 0 Å². The zero-order valence-corrected chi connectivity index (χ0v) is 11.3. The predicted octanol–water partition coefficient (Wildman–Crippen LogP) is 0.366. The third kappa shape index (κ3) is 2.97. The molecule has 0 radical (unpaired) electrons. The van der Waals surface area contributed by atoms with Gasteiger partial charge in [-0.3, -0.25) is 20.2 Å². The molecule has 1 fully saturated rings. The molecular formula is C14H15N5O2. The van der Waals surface area contributed by atoms with Crippen LogP contribution in [-0.4, -0.2) is 33.3 Å². The topological polar surface area (TPSA) is 99.8 Å². The van der Waals surface area contributed by atoms with Gasteiger partial charge >= 0.3 is 0 Å². The number of rotatable bonds is 4. The third-order valence-corrected chi connectivity index (χ3v) is 3.42. The summed E-state index contributed by atoms with van der Waals surface area (Å²) in [4.78, 5) is 22.8. The maximum atomic E-state index is 11.7. The van der Waals surface area contributed by atoms with Crippen molar-refractivity contribution >= 4 is 11.8 Å². The number of H-pyrrole nitrogens is 1. The van der Waals surface area contributed by atoms with E-state index in [0.29, 0.717) is 19.4 Å². The average molecular weight is 285 g/mol. The molecule has 2 aromatic rings. The van der Waals surface area contributed by atoms with Crippen LogP contribution in [0.4, 0.5) is 0 Å². The van der Waals surface area contributed by atoms with Crippen LogP contribution in [0.5, 0.6) is 0 Å². The van der Waals surface area contributed by atoms with Gasteiger partial charge in [0.1, 0.15) is 11.4 Å². The summed E-state index contributed by atoms with van der Waals surface area (Å²) in [6.45, 7) is 0.410. The van der Waals surface area contributed by atoms with E-state index in [4.69, 9.17) is 0 Å². The second-order valence-electron chi connectivity index (χ2n) is 4.87. The van der Waals surface area contributed by atoms with Gasteiger partial charge in [0, 0.05) is 18.5 Å². The number of benzene rings is 1. The van der Waals surface area contributed by atoms with E-state index < -0.39 is 0 Å². The first-order valence-corrected chi connectivity index (χ1v) is 6.76. The lowest BCUT2D eigenvalue weighted by molar-refractivity contribution is -0.134. The molecule has 0 saturated carbocycles. The van der Waals surface area contributed by atoms with Gasteiger partial charge in [-0.2, -0.15) is 15.4 Å². The zero-order valence-electron chi connectivity index (χ0n) is 11.3. The summed E-state index contributed by atoms with van der Waals surface area (Å²) in [6, 6.07) is 9.33. The summed E-state index contributed by atoms with van der Waals surface area (Å²) in [5, 5.41) is 16.3. The maximum absolute atomic E-state index is 11.7. The molecule has 1 atom stereocenters.